The summed E-state index contributed by atoms with van der Waals surface area (Å²) in [5.74, 6) is 0.705. The molecule has 0 radical (unpaired) electrons. The molecular formula is C9H14N2OS. The first-order valence-corrected chi connectivity index (χ1v) is 5.65. The van der Waals surface area contributed by atoms with Crippen LogP contribution in [0.2, 0.25) is 0 Å². The van der Waals surface area contributed by atoms with Gasteiger partial charge in [0.2, 0.25) is 0 Å². The minimum absolute atomic E-state index is 0.387. The van der Waals surface area contributed by atoms with E-state index in [4.69, 9.17) is 0 Å². The minimum atomic E-state index is -0.387. The molecule has 4 heteroatoms. The molecule has 0 spiro atoms. The van der Waals surface area contributed by atoms with Gasteiger partial charge in [-0.1, -0.05) is 30.2 Å². The van der Waals surface area contributed by atoms with Gasteiger partial charge in [0, 0.05) is 5.38 Å². The highest BCUT2D eigenvalue weighted by Crippen LogP contribution is 2.32. The largest absolute Gasteiger partial charge is 0.387 e. The van der Waals surface area contributed by atoms with Crippen molar-refractivity contribution in [2.24, 2.45) is 5.92 Å². The van der Waals surface area contributed by atoms with Crippen LogP contribution in [0.25, 0.3) is 0 Å². The predicted octanol–water partition coefficient (Wildman–Crippen LogP) is 2.15. The highest BCUT2D eigenvalue weighted by Gasteiger charge is 2.20. The molecule has 0 aliphatic heterocycles. The molecule has 1 saturated carbocycles. The Labute approximate surface area is 82.0 Å². The molecule has 0 bridgehead atoms. The molecule has 2 rings (SSSR count). The molecule has 72 valence electrons. The van der Waals surface area contributed by atoms with Crippen LogP contribution in [0.5, 0.6) is 0 Å². The fraction of sp³-hybridized carbons (Fsp3) is 0.778. The van der Waals surface area contributed by atoms with Crippen molar-refractivity contribution in [1.82, 2.24) is 9.59 Å². The standard InChI is InChI=1S/C9H14N2OS/c12-9(8-6-13-11-10-8)5-7-3-1-2-4-7/h6-7,9,12H,1-5H2. The summed E-state index contributed by atoms with van der Waals surface area (Å²) < 4.78 is 3.75. The second-order valence-electron chi connectivity index (χ2n) is 3.73. The Balaban J connectivity index is 1.87. The molecule has 13 heavy (non-hydrogen) atoms. The van der Waals surface area contributed by atoms with Crippen molar-refractivity contribution in [3.63, 3.8) is 0 Å². The molecule has 1 fully saturated rings. The van der Waals surface area contributed by atoms with Crippen molar-refractivity contribution in [3.05, 3.63) is 11.1 Å². The zero-order chi connectivity index (χ0) is 9.10. The Kier molecular flexibility index (Phi) is 2.90. The summed E-state index contributed by atoms with van der Waals surface area (Å²) in [6, 6.07) is 0. The van der Waals surface area contributed by atoms with Crippen molar-refractivity contribution in [3.8, 4) is 0 Å². The van der Waals surface area contributed by atoms with E-state index in [-0.39, 0.29) is 6.10 Å². The van der Waals surface area contributed by atoms with E-state index >= 15 is 0 Å². The molecule has 1 aliphatic rings. The maximum absolute atomic E-state index is 9.77. The van der Waals surface area contributed by atoms with Gasteiger partial charge < -0.3 is 5.11 Å². The van der Waals surface area contributed by atoms with Gasteiger partial charge in [-0.15, -0.1) is 5.10 Å². The lowest BCUT2D eigenvalue weighted by molar-refractivity contribution is 0.140. The van der Waals surface area contributed by atoms with Gasteiger partial charge in [0.05, 0.1) is 6.10 Å². The molecule has 0 aromatic carbocycles. The second-order valence-corrected chi connectivity index (χ2v) is 4.34. The van der Waals surface area contributed by atoms with Crippen molar-refractivity contribution in [1.29, 1.82) is 0 Å². The first-order valence-electron chi connectivity index (χ1n) is 4.81. The average molecular weight is 198 g/mol. The predicted molar refractivity (Wildman–Crippen MR) is 51.4 cm³/mol. The number of hydrogen-bond acceptors (Lipinski definition) is 4. The van der Waals surface area contributed by atoms with Gasteiger partial charge in [0.25, 0.3) is 0 Å². The third kappa shape index (κ3) is 2.25. The molecule has 1 unspecified atom stereocenters. The summed E-state index contributed by atoms with van der Waals surface area (Å²) in [6.45, 7) is 0. The van der Waals surface area contributed by atoms with Crippen molar-refractivity contribution < 1.29 is 5.11 Å². The van der Waals surface area contributed by atoms with Gasteiger partial charge in [0.15, 0.2) is 0 Å². The Morgan fingerprint density at radius 2 is 2.31 bits per heavy atom. The molecule has 1 heterocycles. The molecule has 0 saturated heterocycles. The van der Waals surface area contributed by atoms with Gasteiger partial charge in [-0.25, -0.2) is 0 Å². The highest BCUT2D eigenvalue weighted by molar-refractivity contribution is 7.03. The molecule has 1 aromatic rings. The van der Waals surface area contributed by atoms with Crippen LogP contribution in [-0.4, -0.2) is 14.7 Å². The van der Waals surface area contributed by atoms with E-state index in [1.165, 1.54) is 37.2 Å². The van der Waals surface area contributed by atoms with Crippen LogP contribution >= 0.6 is 11.5 Å². The summed E-state index contributed by atoms with van der Waals surface area (Å²) in [5.41, 5.74) is 0.747. The Morgan fingerprint density at radius 1 is 1.54 bits per heavy atom. The lowest BCUT2D eigenvalue weighted by Gasteiger charge is -2.12. The molecule has 1 N–H and O–H groups in total. The molecule has 1 aromatic heterocycles. The average Bonchev–Trinajstić information content (AvgIpc) is 2.74. The normalized spacial score (nSPS) is 20.7. The molecule has 0 amide bonds. The summed E-state index contributed by atoms with van der Waals surface area (Å²) in [5, 5.41) is 15.5. The first kappa shape index (κ1) is 9.09. The molecule has 3 nitrogen and oxygen atoms in total. The Bertz CT molecular complexity index is 244. The van der Waals surface area contributed by atoms with Crippen LogP contribution in [0.1, 0.15) is 43.9 Å². The Hall–Kier alpha value is -0.480. The quantitative estimate of drug-likeness (QED) is 0.809. The molecular weight excluding hydrogens is 184 g/mol. The van der Waals surface area contributed by atoms with E-state index in [9.17, 15) is 5.11 Å². The van der Waals surface area contributed by atoms with Crippen molar-refractivity contribution >= 4 is 11.5 Å². The van der Waals surface area contributed by atoms with E-state index in [0.717, 1.165) is 12.1 Å². The van der Waals surface area contributed by atoms with Gasteiger partial charge in [-0.05, 0) is 23.9 Å². The van der Waals surface area contributed by atoms with E-state index in [1.54, 1.807) is 0 Å². The van der Waals surface area contributed by atoms with E-state index < -0.39 is 0 Å². The molecule has 1 aliphatic carbocycles. The van der Waals surface area contributed by atoms with Gasteiger partial charge in [-0.2, -0.15) is 0 Å². The van der Waals surface area contributed by atoms with Crippen LogP contribution in [0.15, 0.2) is 5.38 Å². The fourth-order valence-electron chi connectivity index (χ4n) is 2.00. The van der Waals surface area contributed by atoms with Crippen LogP contribution in [0, 0.1) is 5.92 Å². The smallest absolute Gasteiger partial charge is 0.104 e. The summed E-state index contributed by atoms with van der Waals surface area (Å²) in [4.78, 5) is 0. The highest BCUT2D eigenvalue weighted by atomic mass is 32.1. The van der Waals surface area contributed by atoms with Crippen molar-refractivity contribution in [2.45, 2.75) is 38.2 Å². The van der Waals surface area contributed by atoms with Crippen LogP contribution in [0.4, 0.5) is 0 Å². The summed E-state index contributed by atoms with van der Waals surface area (Å²) >= 11 is 1.30. The van der Waals surface area contributed by atoms with Gasteiger partial charge in [0.1, 0.15) is 5.69 Å². The zero-order valence-electron chi connectivity index (χ0n) is 7.52. The zero-order valence-corrected chi connectivity index (χ0v) is 8.33. The van der Waals surface area contributed by atoms with Gasteiger partial charge >= 0.3 is 0 Å². The second kappa shape index (κ2) is 4.15. The summed E-state index contributed by atoms with van der Waals surface area (Å²) in [6.07, 6.45) is 5.68. The van der Waals surface area contributed by atoms with E-state index in [0.29, 0.717) is 5.92 Å². The van der Waals surface area contributed by atoms with Crippen LogP contribution in [0.3, 0.4) is 0 Å². The lowest BCUT2D eigenvalue weighted by atomic mass is 9.99. The number of aromatic nitrogens is 2. The summed E-state index contributed by atoms with van der Waals surface area (Å²) in [7, 11) is 0. The number of aliphatic hydroxyl groups is 1. The van der Waals surface area contributed by atoms with Gasteiger partial charge in [-0.3, -0.25) is 0 Å². The first-order chi connectivity index (χ1) is 6.36. The molecule has 1 atom stereocenters. The minimum Gasteiger partial charge on any atom is -0.387 e. The van der Waals surface area contributed by atoms with E-state index in [1.807, 2.05) is 5.38 Å². The third-order valence-electron chi connectivity index (χ3n) is 2.75. The fourth-order valence-corrected chi connectivity index (χ4v) is 2.50. The van der Waals surface area contributed by atoms with E-state index in [2.05, 4.69) is 9.59 Å². The monoisotopic (exact) mass is 198 g/mol. The SMILES string of the molecule is OC(CC1CCCC1)c1csnn1. The number of nitrogens with zero attached hydrogens (tertiary/aromatic N) is 2. The van der Waals surface area contributed by atoms with Crippen molar-refractivity contribution in [2.75, 3.05) is 0 Å². The third-order valence-corrected chi connectivity index (χ3v) is 3.27. The van der Waals surface area contributed by atoms with Crippen LogP contribution < -0.4 is 0 Å². The Morgan fingerprint density at radius 3 is 2.92 bits per heavy atom. The number of aliphatic hydroxyl groups excluding tert-OH is 1. The maximum atomic E-state index is 9.77. The number of hydrogen-bond donors (Lipinski definition) is 1. The topological polar surface area (TPSA) is 46.0 Å². The lowest BCUT2D eigenvalue weighted by Crippen LogP contribution is -2.04. The maximum Gasteiger partial charge on any atom is 0.104 e. The van der Waals surface area contributed by atoms with Crippen LogP contribution in [-0.2, 0) is 0 Å². The number of rotatable bonds is 3.